The number of carbonyl (C=O) groups is 4. The first-order valence-electron chi connectivity index (χ1n) is 16.4. The van der Waals surface area contributed by atoms with E-state index in [2.05, 4.69) is 4.98 Å². The Labute approximate surface area is 292 Å². The number of carbonyl (C=O) groups excluding carboxylic acids is 1. The van der Waals surface area contributed by atoms with Crippen LogP contribution in [0, 0.1) is 11.8 Å². The topological polar surface area (TPSA) is 177 Å². The van der Waals surface area contributed by atoms with Crippen molar-refractivity contribution in [1.29, 1.82) is 0 Å². The summed E-state index contributed by atoms with van der Waals surface area (Å²) in [7, 11) is 0. The molecular formula is C39H36N2O10. The molecule has 6 rings (SSSR count). The lowest BCUT2D eigenvalue weighted by Crippen LogP contribution is -2.44. The predicted octanol–water partition coefficient (Wildman–Crippen LogP) is 6.58. The third kappa shape index (κ3) is 8.01. The molecule has 4 aromatic carbocycles. The van der Waals surface area contributed by atoms with Gasteiger partial charge in [0.1, 0.15) is 5.52 Å². The van der Waals surface area contributed by atoms with Crippen LogP contribution in [0.2, 0.25) is 0 Å². The molecule has 1 aromatic heterocycles. The van der Waals surface area contributed by atoms with E-state index < -0.39 is 54.5 Å². The Morgan fingerprint density at radius 3 is 2.27 bits per heavy atom. The molecule has 5 aromatic rings. The third-order valence-electron chi connectivity index (χ3n) is 9.26. The molecule has 0 spiro atoms. The fourth-order valence-corrected chi connectivity index (χ4v) is 6.54. The van der Waals surface area contributed by atoms with Gasteiger partial charge in [-0.1, -0.05) is 60.7 Å². The highest BCUT2D eigenvalue weighted by Crippen LogP contribution is 2.38. The van der Waals surface area contributed by atoms with Crippen LogP contribution in [0.15, 0.2) is 95.4 Å². The molecule has 4 atom stereocenters. The number of ether oxygens (including phenoxy) is 2. The van der Waals surface area contributed by atoms with Crippen LogP contribution in [0.25, 0.3) is 27.9 Å². The first kappa shape index (κ1) is 34.7. The molecule has 0 saturated carbocycles. The van der Waals surface area contributed by atoms with Crippen molar-refractivity contribution in [3.05, 3.63) is 108 Å². The summed E-state index contributed by atoms with van der Waals surface area (Å²) >= 11 is 0. The molecule has 1 amide bonds. The van der Waals surface area contributed by atoms with Gasteiger partial charge < -0.3 is 34.1 Å². The minimum Gasteiger partial charge on any atom is -0.481 e. The van der Waals surface area contributed by atoms with Crippen molar-refractivity contribution in [2.75, 3.05) is 6.79 Å². The third-order valence-corrected chi connectivity index (χ3v) is 9.26. The first-order chi connectivity index (χ1) is 24.6. The number of rotatable bonds is 15. The standard InChI is InChI=1S/C39H36N2O10/c1-23(28(27-15-16-33-34(18-27)50-22-49-33)9-6-12-35-40-31-10-4-5-11-32(31)51-35)41(21-24-13-14-25-7-2-3-8-26(25)17-24)36(42)19-29(38(45)46)30(39(47)48)20-37(43)44/h2-8,10-18,23,28-30H,9,19-22H2,1H3,(H,43,44)(H,45,46)(H,47,48)/t23-,28+,29+,30-/m1/s1. The maximum atomic E-state index is 14.3. The second-order valence-electron chi connectivity index (χ2n) is 12.5. The second-order valence-corrected chi connectivity index (χ2v) is 12.5. The van der Waals surface area contributed by atoms with Gasteiger partial charge >= 0.3 is 17.9 Å². The minimum atomic E-state index is -1.81. The highest BCUT2D eigenvalue weighted by molar-refractivity contribution is 5.88. The lowest BCUT2D eigenvalue weighted by atomic mass is 9.84. The van der Waals surface area contributed by atoms with Gasteiger partial charge in [0.2, 0.25) is 18.6 Å². The zero-order valence-electron chi connectivity index (χ0n) is 27.7. The van der Waals surface area contributed by atoms with Crippen molar-refractivity contribution < 1.29 is 48.4 Å². The van der Waals surface area contributed by atoms with E-state index in [1.165, 1.54) is 0 Å². The highest BCUT2D eigenvalue weighted by Gasteiger charge is 2.39. The van der Waals surface area contributed by atoms with E-state index in [0.29, 0.717) is 34.9 Å². The van der Waals surface area contributed by atoms with E-state index >= 15 is 0 Å². The summed E-state index contributed by atoms with van der Waals surface area (Å²) in [5.41, 5.74) is 2.93. The number of fused-ring (bicyclic) bond motifs is 3. The zero-order valence-corrected chi connectivity index (χ0v) is 27.7. The van der Waals surface area contributed by atoms with Gasteiger partial charge in [-0.25, -0.2) is 4.98 Å². The average molecular weight is 693 g/mol. The van der Waals surface area contributed by atoms with Crippen LogP contribution in [0.3, 0.4) is 0 Å². The van der Waals surface area contributed by atoms with Crippen LogP contribution in [-0.2, 0) is 25.7 Å². The summed E-state index contributed by atoms with van der Waals surface area (Å²) in [6.07, 6.45) is 2.37. The first-order valence-corrected chi connectivity index (χ1v) is 16.4. The van der Waals surface area contributed by atoms with Gasteiger partial charge in [0.05, 0.1) is 18.3 Å². The fraction of sp³-hybridized carbons (Fsp3) is 0.256. The van der Waals surface area contributed by atoms with Crippen LogP contribution in [0.1, 0.15) is 49.1 Å². The SMILES string of the molecule is C[C@H]([C@H](CC=Cc1nc2ccccc2o1)c1ccc2c(c1)OCO2)N(Cc1ccc2ccccc2c1)C(=O)C[C@H](C(=O)O)[C@@H](CC(=O)O)C(=O)O. The number of benzene rings is 4. The van der Waals surface area contributed by atoms with Crippen molar-refractivity contribution in [3.8, 4) is 11.5 Å². The molecule has 0 saturated heterocycles. The van der Waals surface area contributed by atoms with Gasteiger partial charge in [0.25, 0.3) is 0 Å². The van der Waals surface area contributed by atoms with Crippen molar-refractivity contribution in [2.45, 2.75) is 44.7 Å². The Morgan fingerprint density at radius 1 is 0.824 bits per heavy atom. The summed E-state index contributed by atoms with van der Waals surface area (Å²) in [6, 6.07) is 25.8. The highest BCUT2D eigenvalue weighted by atomic mass is 16.7. The Bertz CT molecular complexity index is 2090. The smallest absolute Gasteiger partial charge is 0.307 e. The number of hydrogen-bond donors (Lipinski definition) is 3. The van der Waals surface area contributed by atoms with E-state index in [1.54, 1.807) is 17.0 Å². The van der Waals surface area contributed by atoms with Crippen LogP contribution < -0.4 is 9.47 Å². The van der Waals surface area contributed by atoms with E-state index in [-0.39, 0.29) is 19.3 Å². The van der Waals surface area contributed by atoms with Crippen LogP contribution in [0.5, 0.6) is 11.5 Å². The molecule has 1 aliphatic heterocycles. The number of hydrogen-bond acceptors (Lipinski definition) is 8. The van der Waals surface area contributed by atoms with Crippen LogP contribution >= 0.6 is 0 Å². The summed E-state index contributed by atoms with van der Waals surface area (Å²) in [4.78, 5) is 56.4. The van der Waals surface area contributed by atoms with E-state index in [9.17, 15) is 34.5 Å². The molecule has 262 valence electrons. The molecule has 0 aliphatic carbocycles. The predicted molar refractivity (Wildman–Crippen MR) is 186 cm³/mol. The average Bonchev–Trinajstić information content (AvgIpc) is 3.76. The molecular weight excluding hydrogens is 656 g/mol. The van der Waals surface area contributed by atoms with Gasteiger partial charge in [-0.2, -0.15) is 0 Å². The van der Waals surface area contributed by atoms with E-state index in [0.717, 1.165) is 21.9 Å². The largest absolute Gasteiger partial charge is 0.481 e. The molecule has 51 heavy (non-hydrogen) atoms. The molecule has 12 nitrogen and oxygen atoms in total. The zero-order chi connectivity index (χ0) is 36.1. The van der Waals surface area contributed by atoms with Gasteiger partial charge in [-0.15, -0.1) is 0 Å². The van der Waals surface area contributed by atoms with Gasteiger partial charge in [0, 0.05) is 24.9 Å². The molecule has 12 heteroatoms. The quantitative estimate of drug-likeness (QED) is 0.108. The molecule has 3 N–H and O–H groups in total. The Kier molecular flexibility index (Phi) is 10.3. The number of aromatic nitrogens is 1. The normalized spacial score (nSPS) is 14.7. The van der Waals surface area contributed by atoms with Crippen molar-refractivity contribution in [1.82, 2.24) is 9.88 Å². The molecule has 0 bridgehead atoms. The van der Waals surface area contributed by atoms with Crippen LogP contribution in [0.4, 0.5) is 0 Å². The van der Waals surface area contributed by atoms with E-state index in [4.69, 9.17) is 13.9 Å². The van der Waals surface area contributed by atoms with Gasteiger partial charge in [-0.3, -0.25) is 19.2 Å². The number of para-hydroxylation sites is 2. The molecule has 2 heterocycles. The minimum absolute atomic E-state index is 0.0703. The number of oxazole rings is 1. The Hall–Kier alpha value is -6.17. The maximum absolute atomic E-state index is 14.3. The summed E-state index contributed by atoms with van der Waals surface area (Å²) in [5.74, 6) is -7.72. The molecule has 1 aliphatic rings. The maximum Gasteiger partial charge on any atom is 0.307 e. The van der Waals surface area contributed by atoms with Gasteiger partial charge in [-0.05, 0) is 71.7 Å². The summed E-state index contributed by atoms with van der Waals surface area (Å²) in [5, 5.41) is 31.2. The lowest BCUT2D eigenvalue weighted by molar-refractivity contribution is -0.159. The number of amides is 1. The van der Waals surface area contributed by atoms with Gasteiger partial charge in [0.15, 0.2) is 17.1 Å². The van der Waals surface area contributed by atoms with Crippen molar-refractivity contribution in [2.24, 2.45) is 11.8 Å². The number of carboxylic acid groups (broad SMARTS) is 3. The molecule has 0 radical (unpaired) electrons. The number of carboxylic acids is 3. The van der Waals surface area contributed by atoms with Crippen molar-refractivity contribution >= 4 is 51.8 Å². The fourth-order valence-electron chi connectivity index (χ4n) is 6.54. The van der Waals surface area contributed by atoms with Crippen molar-refractivity contribution in [3.63, 3.8) is 0 Å². The molecule has 0 fully saturated rings. The number of aliphatic carboxylic acids is 3. The lowest BCUT2D eigenvalue weighted by Gasteiger charge is -2.36. The number of nitrogens with zero attached hydrogens (tertiary/aromatic N) is 2. The summed E-state index contributed by atoms with van der Waals surface area (Å²) in [6.45, 7) is 1.99. The van der Waals surface area contributed by atoms with E-state index in [1.807, 2.05) is 91.9 Å². The second kappa shape index (κ2) is 15.2. The monoisotopic (exact) mass is 692 g/mol. The Balaban J connectivity index is 1.37. The van der Waals surface area contributed by atoms with Crippen LogP contribution in [-0.4, -0.2) is 61.9 Å². The molecule has 0 unspecified atom stereocenters. The Morgan fingerprint density at radius 2 is 1.53 bits per heavy atom. The summed E-state index contributed by atoms with van der Waals surface area (Å²) < 4.78 is 17.1. The number of allylic oxidation sites excluding steroid dienone is 1.